The van der Waals surface area contributed by atoms with E-state index in [1.165, 1.54) is 16.7 Å². The Morgan fingerprint density at radius 1 is 1.22 bits per heavy atom. The molecule has 0 aliphatic carbocycles. The van der Waals surface area contributed by atoms with Gasteiger partial charge in [0.05, 0.1) is 24.3 Å². The molecule has 1 amide bonds. The van der Waals surface area contributed by atoms with Crippen LogP contribution < -0.4 is 9.47 Å². The van der Waals surface area contributed by atoms with E-state index in [0.717, 1.165) is 11.3 Å². The number of nitrogens with zero attached hydrogens (tertiary/aromatic N) is 2. The van der Waals surface area contributed by atoms with Gasteiger partial charge in [0.15, 0.2) is 16.7 Å². The predicted octanol–water partition coefficient (Wildman–Crippen LogP) is 4.98. The standard InChI is InChI=1S/C20H19ClN2O3S/c1-4-26-18-13(6-5-7-16(18)25-3)12-17-19(24)23(2)20(27-17)22-15-10-8-14(21)9-11-15/h5-12H,4H2,1-3H3/b17-12+,22-20?. The number of ether oxygens (including phenoxy) is 2. The summed E-state index contributed by atoms with van der Waals surface area (Å²) in [7, 11) is 3.30. The normalized spacial score (nSPS) is 17.0. The van der Waals surface area contributed by atoms with E-state index in [2.05, 4.69) is 4.99 Å². The number of amidine groups is 1. The van der Waals surface area contributed by atoms with E-state index >= 15 is 0 Å². The minimum absolute atomic E-state index is 0.113. The van der Waals surface area contributed by atoms with Crippen LogP contribution in [0.2, 0.25) is 5.02 Å². The second kappa shape index (κ2) is 8.50. The first-order valence-corrected chi connectivity index (χ1v) is 9.54. The molecule has 7 heteroatoms. The smallest absolute Gasteiger partial charge is 0.266 e. The van der Waals surface area contributed by atoms with Crippen molar-refractivity contribution in [2.75, 3.05) is 20.8 Å². The second-order valence-corrected chi connectivity index (χ2v) is 7.10. The lowest BCUT2D eigenvalue weighted by Crippen LogP contribution is -2.23. The fourth-order valence-electron chi connectivity index (χ4n) is 2.52. The van der Waals surface area contributed by atoms with Crippen molar-refractivity contribution in [3.05, 3.63) is 58.0 Å². The molecule has 27 heavy (non-hydrogen) atoms. The van der Waals surface area contributed by atoms with Gasteiger partial charge in [0, 0.05) is 17.6 Å². The fourth-order valence-corrected chi connectivity index (χ4v) is 3.63. The molecule has 2 aromatic rings. The molecule has 1 aliphatic heterocycles. The Morgan fingerprint density at radius 3 is 2.63 bits per heavy atom. The molecule has 0 radical (unpaired) electrons. The van der Waals surface area contributed by atoms with Gasteiger partial charge in [-0.05, 0) is 55.1 Å². The third-order valence-corrected chi connectivity index (χ3v) is 5.17. The van der Waals surface area contributed by atoms with E-state index in [1.807, 2.05) is 37.3 Å². The minimum Gasteiger partial charge on any atom is -0.493 e. The van der Waals surface area contributed by atoms with Crippen molar-refractivity contribution in [3.8, 4) is 11.5 Å². The van der Waals surface area contributed by atoms with E-state index in [1.54, 1.807) is 32.4 Å². The summed E-state index contributed by atoms with van der Waals surface area (Å²) in [4.78, 5) is 19.3. The van der Waals surface area contributed by atoms with Crippen LogP contribution in [0.1, 0.15) is 12.5 Å². The molecule has 1 aliphatic rings. The lowest BCUT2D eigenvalue weighted by atomic mass is 10.1. The van der Waals surface area contributed by atoms with Gasteiger partial charge in [0.1, 0.15) is 0 Å². The van der Waals surface area contributed by atoms with Crippen LogP contribution in [-0.2, 0) is 4.79 Å². The Balaban J connectivity index is 1.94. The zero-order chi connectivity index (χ0) is 19.4. The highest BCUT2D eigenvalue weighted by Gasteiger charge is 2.30. The third-order valence-electron chi connectivity index (χ3n) is 3.86. The number of rotatable bonds is 5. The first-order valence-electron chi connectivity index (χ1n) is 8.35. The number of benzene rings is 2. The summed E-state index contributed by atoms with van der Waals surface area (Å²) >= 11 is 7.23. The van der Waals surface area contributed by atoms with E-state index in [9.17, 15) is 4.79 Å². The van der Waals surface area contributed by atoms with Gasteiger partial charge in [-0.25, -0.2) is 4.99 Å². The quantitative estimate of drug-likeness (QED) is 0.662. The van der Waals surface area contributed by atoms with Crippen LogP contribution in [0.4, 0.5) is 5.69 Å². The number of halogens is 1. The molecule has 1 heterocycles. The molecule has 0 N–H and O–H groups in total. The van der Waals surface area contributed by atoms with Crippen LogP contribution in [0.15, 0.2) is 52.4 Å². The van der Waals surface area contributed by atoms with Crippen molar-refractivity contribution >= 4 is 46.2 Å². The Morgan fingerprint density at radius 2 is 1.96 bits per heavy atom. The molecule has 3 rings (SSSR count). The molecule has 0 aromatic heterocycles. The zero-order valence-electron chi connectivity index (χ0n) is 15.2. The highest BCUT2D eigenvalue weighted by molar-refractivity contribution is 8.18. The minimum atomic E-state index is -0.113. The molecular weight excluding hydrogens is 384 g/mol. The summed E-state index contributed by atoms with van der Waals surface area (Å²) in [6.07, 6.45) is 1.81. The number of carbonyl (C=O) groups is 1. The molecule has 1 fully saturated rings. The number of carbonyl (C=O) groups excluding carboxylic acids is 1. The van der Waals surface area contributed by atoms with Crippen molar-refractivity contribution in [2.24, 2.45) is 4.99 Å². The van der Waals surface area contributed by atoms with Gasteiger partial charge in [-0.1, -0.05) is 23.7 Å². The molecule has 140 valence electrons. The molecule has 0 atom stereocenters. The largest absolute Gasteiger partial charge is 0.493 e. The predicted molar refractivity (Wildman–Crippen MR) is 111 cm³/mol. The Labute approximate surface area is 167 Å². The molecule has 0 bridgehead atoms. The van der Waals surface area contributed by atoms with Crippen molar-refractivity contribution in [1.29, 1.82) is 0 Å². The fraction of sp³-hybridized carbons (Fsp3) is 0.200. The number of hydrogen-bond donors (Lipinski definition) is 0. The zero-order valence-corrected chi connectivity index (χ0v) is 16.8. The molecule has 0 unspecified atom stereocenters. The maximum Gasteiger partial charge on any atom is 0.266 e. The van der Waals surface area contributed by atoms with Gasteiger partial charge in [-0.2, -0.15) is 0 Å². The maximum atomic E-state index is 12.7. The summed E-state index contributed by atoms with van der Waals surface area (Å²) in [5.74, 6) is 1.14. The van der Waals surface area contributed by atoms with Crippen molar-refractivity contribution < 1.29 is 14.3 Å². The molecule has 0 spiro atoms. The lowest BCUT2D eigenvalue weighted by Gasteiger charge is -2.12. The van der Waals surface area contributed by atoms with Gasteiger partial charge in [-0.15, -0.1) is 0 Å². The SMILES string of the molecule is CCOc1c(/C=C2/SC(=Nc3ccc(Cl)cc3)N(C)C2=O)cccc1OC. The summed E-state index contributed by atoms with van der Waals surface area (Å²) in [6, 6.07) is 12.7. The van der Waals surface area contributed by atoms with Crippen LogP contribution >= 0.6 is 23.4 Å². The van der Waals surface area contributed by atoms with Gasteiger partial charge < -0.3 is 9.47 Å². The first-order chi connectivity index (χ1) is 13.0. The summed E-state index contributed by atoms with van der Waals surface area (Å²) in [5, 5.41) is 1.25. The van der Waals surface area contributed by atoms with Gasteiger partial charge >= 0.3 is 0 Å². The number of amides is 1. The van der Waals surface area contributed by atoms with Crippen LogP contribution in [0.5, 0.6) is 11.5 Å². The summed E-state index contributed by atoms with van der Waals surface area (Å²) in [6.45, 7) is 2.41. The van der Waals surface area contributed by atoms with E-state index in [0.29, 0.717) is 33.2 Å². The molecule has 1 saturated heterocycles. The summed E-state index contributed by atoms with van der Waals surface area (Å²) in [5.41, 5.74) is 1.52. The maximum absolute atomic E-state index is 12.7. The molecule has 0 saturated carbocycles. The van der Waals surface area contributed by atoms with Crippen LogP contribution in [-0.4, -0.2) is 36.7 Å². The monoisotopic (exact) mass is 402 g/mol. The van der Waals surface area contributed by atoms with E-state index in [-0.39, 0.29) is 5.91 Å². The Kier molecular flexibility index (Phi) is 6.08. The average molecular weight is 403 g/mol. The first kappa shape index (κ1) is 19.3. The highest BCUT2D eigenvalue weighted by atomic mass is 35.5. The Bertz CT molecular complexity index is 910. The average Bonchev–Trinajstić information content (AvgIpc) is 2.93. The van der Waals surface area contributed by atoms with Crippen LogP contribution in [0.3, 0.4) is 0 Å². The summed E-state index contributed by atoms with van der Waals surface area (Å²) < 4.78 is 11.1. The van der Waals surface area contributed by atoms with E-state index in [4.69, 9.17) is 21.1 Å². The van der Waals surface area contributed by atoms with E-state index < -0.39 is 0 Å². The van der Waals surface area contributed by atoms with Crippen molar-refractivity contribution in [2.45, 2.75) is 6.92 Å². The van der Waals surface area contributed by atoms with Crippen LogP contribution in [0.25, 0.3) is 6.08 Å². The number of thioether (sulfide) groups is 1. The third kappa shape index (κ3) is 4.28. The van der Waals surface area contributed by atoms with Gasteiger partial charge in [-0.3, -0.25) is 9.69 Å². The molecule has 5 nitrogen and oxygen atoms in total. The number of likely N-dealkylation sites (N-methyl/N-ethyl adjacent to an activating group) is 1. The van der Waals surface area contributed by atoms with Crippen molar-refractivity contribution in [3.63, 3.8) is 0 Å². The van der Waals surface area contributed by atoms with Gasteiger partial charge in [0.25, 0.3) is 5.91 Å². The topological polar surface area (TPSA) is 51.1 Å². The molecular formula is C20H19ClN2O3S. The second-order valence-electron chi connectivity index (χ2n) is 5.66. The van der Waals surface area contributed by atoms with Gasteiger partial charge in [0.2, 0.25) is 0 Å². The number of hydrogen-bond acceptors (Lipinski definition) is 5. The number of aliphatic imine (C=N–C) groups is 1. The van der Waals surface area contributed by atoms with Crippen LogP contribution in [0, 0.1) is 0 Å². The molecule has 2 aromatic carbocycles. The Hall–Kier alpha value is -2.44. The highest BCUT2D eigenvalue weighted by Crippen LogP contribution is 2.37. The lowest BCUT2D eigenvalue weighted by molar-refractivity contribution is -0.121. The number of methoxy groups -OCH3 is 1. The number of para-hydroxylation sites is 1. The van der Waals surface area contributed by atoms with Crippen molar-refractivity contribution in [1.82, 2.24) is 4.90 Å².